The van der Waals surface area contributed by atoms with E-state index in [4.69, 9.17) is 14.6 Å². The number of aliphatic hydroxyl groups is 1. The number of anilines is 1. The Balaban J connectivity index is 1.46. The van der Waals surface area contributed by atoms with Crippen LogP contribution in [0.2, 0.25) is 0 Å². The Labute approximate surface area is 179 Å². The van der Waals surface area contributed by atoms with Gasteiger partial charge in [0.05, 0.1) is 24.3 Å². The molecule has 0 radical (unpaired) electrons. The molecule has 2 heterocycles. The molecular formula is C23H23N3O3S. The number of nitrogens with one attached hydrogen (secondary N) is 1. The van der Waals surface area contributed by atoms with Gasteiger partial charge in [0.1, 0.15) is 30.3 Å². The maximum absolute atomic E-state index is 8.89. The van der Waals surface area contributed by atoms with Crippen LogP contribution in [0, 0.1) is 0 Å². The van der Waals surface area contributed by atoms with Crippen LogP contribution in [0.15, 0.2) is 60.2 Å². The first kappa shape index (κ1) is 20.1. The number of rotatable bonds is 9. The predicted octanol–water partition coefficient (Wildman–Crippen LogP) is 4.39. The molecular weight excluding hydrogens is 398 g/mol. The predicted molar refractivity (Wildman–Crippen MR) is 121 cm³/mol. The summed E-state index contributed by atoms with van der Waals surface area (Å²) in [5.74, 6) is 2.40. The van der Waals surface area contributed by atoms with E-state index in [0.29, 0.717) is 0 Å². The van der Waals surface area contributed by atoms with E-state index >= 15 is 0 Å². The zero-order chi connectivity index (χ0) is 20.8. The number of fused-ring (bicyclic) bond motifs is 1. The van der Waals surface area contributed by atoms with Gasteiger partial charge in [0.15, 0.2) is 0 Å². The van der Waals surface area contributed by atoms with Crippen LogP contribution in [0.1, 0.15) is 5.56 Å². The third-order valence-corrected chi connectivity index (χ3v) is 5.68. The molecule has 0 saturated carbocycles. The minimum absolute atomic E-state index is 0.00571. The molecule has 7 heteroatoms. The molecule has 2 aromatic carbocycles. The van der Waals surface area contributed by atoms with E-state index in [-0.39, 0.29) is 13.2 Å². The van der Waals surface area contributed by atoms with E-state index in [9.17, 15) is 0 Å². The smallest absolute Gasteiger partial charge is 0.130 e. The fourth-order valence-electron chi connectivity index (χ4n) is 3.36. The van der Waals surface area contributed by atoms with Crippen LogP contribution < -0.4 is 14.8 Å². The van der Waals surface area contributed by atoms with Crippen molar-refractivity contribution in [2.24, 2.45) is 0 Å². The largest absolute Gasteiger partial charge is 0.496 e. The lowest BCUT2D eigenvalue weighted by molar-refractivity contribution is 0.202. The van der Waals surface area contributed by atoms with Crippen molar-refractivity contribution in [3.05, 3.63) is 65.8 Å². The first-order valence-corrected chi connectivity index (χ1v) is 10.6. The van der Waals surface area contributed by atoms with Crippen LogP contribution in [-0.2, 0) is 6.42 Å². The zero-order valence-corrected chi connectivity index (χ0v) is 17.5. The average molecular weight is 422 g/mol. The van der Waals surface area contributed by atoms with Crippen LogP contribution >= 0.6 is 11.3 Å². The molecule has 2 N–H and O–H groups in total. The van der Waals surface area contributed by atoms with Crippen molar-refractivity contribution in [2.75, 3.05) is 32.2 Å². The number of aliphatic hydroxyl groups excluding tert-OH is 1. The molecule has 0 unspecified atom stereocenters. The third kappa shape index (κ3) is 4.53. The van der Waals surface area contributed by atoms with Gasteiger partial charge in [-0.1, -0.05) is 30.3 Å². The van der Waals surface area contributed by atoms with E-state index in [1.54, 1.807) is 24.8 Å². The van der Waals surface area contributed by atoms with E-state index < -0.39 is 0 Å². The summed E-state index contributed by atoms with van der Waals surface area (Å²) in [4.78, 5) is 9.71. The van der Waals surface area contributed by atoms with Gasteiger partial charge < -0.3 is 19.9 Å². The molecule has 0 spiro atoms. The lowest BCUT2D eigenvalue weighted by Gasteiger charge is -2.13. The van der Waals surface area contributed by atoms with Gasteiger partial charge in [0.25, 0.3) is 0 Å². The van der Waals surface area contributed by atoms with Gasteiger partial charge in [0.2, 0.25) is 0 Å². The average Bonchev–Trinajstić information content (AvgIpc) is 3.27. The molecule has 0 aliphatic rings. The van der Waals surface area contributed by atoms with Crippen LogP contribution in [0.3, 0.4) is 0 Å². The Morgan fingerprint density at radius 2 is 2.00 bits per heavy atom. The lowest BCUT2D eigenvalue weighted by Crippen LogP contribution is -2.08. The summed E-state index contributed by atoms with van der Waals surface area (Å²) in [6, 6.07) is 16.3. The quantitative estimate of drug-likeness (QED) is 0.417. The van der Waals surface area contributed by atoms with E-state index in [1.165, 1.54) is 16.3 Å². The number of benzene rings is 2. The summed E-state index contributed by atoms with van der Waals surface area (Å²) in [5, 5.41) is 16.6. The molecule has 6 nitrogen and oxygen atoms in total. The van der Waals surface area contributed by atoms with Gasteiger partial charge in [-0.3, -0.25) is 0 Å². The second-order valence-electron chi connectivity index (χ2n) is 6.65. The molecule has 0 aliphatic heterocycles. The number of hydrogen-bond acceptors (Lipinski definition) is 7. The number of nitrogens with zero attached hydrogens (tertiary/aromatic N) is 2. The Morgan fingerprint density at radius 3 is 2.87 bits per heavy atom. The number of hydrogen-bond donors (Lipinski definition) is 2. The highest BCUT2D eigenvalue weighted by Gasteiger charge is 2.09. The minimum Gasteiger partial charge on any atom is -0.496 e. The molecule has 0 amide bonds. The molecule has 0 bridgehead atoms. The Kier molecular flexibility index (Phi) is 6.41. The molecule has 0 aliphatic carbocycles. The highest BCUT2D eigenvalue weighted by atomic mass is 32.1. The molecule has 4 rings (SSSR count). The van der Waals surface area contributed by atoms with Gasteiger partial charge >= 0.3 is 0 Å². The van der Waals surface area contributed by atoms with Gasteiger partial charge in [0, 0.05) is 29.6 Å². The van der Waals surface area contributed by atoms with Crippen molar-refractivity contribution in [1.82, 2.24) is 9.97 Å². The van der Waals surface area contributed by atoms with Gasteiger partial charge in [-0.15, -0.1) is 11.3 Å². The number of methoxy groups -OCH3 is 1. The van der Waals surface area contributed by atoms with Crippen molar-refractivity contribution >= 4 is 27.9 Å². The molecule has 0 fully saturated rings. The maximum Gasteiger partial charge on any atom is 0.130 e. The molecule has 154 valence electrons. The number of thiophene rings is 1. The molecule has 4 aromatic rings. The summed E-state index contributed by atoms with van der Waals surface area (Å²) < 4.78 is 11.0. The summed E-state index contributed by atoms with van der Waals surface area (Å²) in [5.41, 5.74) is 2.01. The van der Waals surface area contributed by atoms with Crippen molar-refractivity contribution < 1.29 is 14.6 Å². The van der Waals surface area contributed by atoms with Gasteiger partial charge in [-0.2, -0.15) is 0 Å². The van der Waals surface area contributed by atoms with Gasteiger partial charge in [-0.25, -0.2) is 9.97 Å². The van der Waals surface area contributed by atoms with E-state index in [1.807, 2.05) is 29.6 Å². The summed E-state index contributed by atoms with van der Waals surface area (Å²) in [6.45, 7) is 0.995. The van der Waals surface area contributed by atoms with E-state index in [2.05, 4.69) is 39.6 Å². The second-order valence-corrected chi connectivity index (χ2v) is 7.56. The van der Waals surface area contributed by atoms with Crippen LogP contribution in [0.4, 0.5) is 5.82 Å². The summed E-state index contributed by atoms with van der Waals surface area (Å²) in [6.07, 6.45) is 2.37. The lowest BCUT2D eigenvalue weighted by atomic mass is 10.0. The summed E-state index contributed by atoms with van der Waals surface area (Å²) in [7, 11) is 1.71. The zero-order valence-electron chi connectivity index (χ0n) is 16.7. The third-order valence-electron chi connectivity index (χ3n) is 4.75. The van der Waals surface area contributed by atoms with E-state index in [0.717, 1.165) is 40.9 Å². The number of aromatic nitrogens is 2. The molecule has 0 saturated heterocycles. The molecule has 2 aromatic heterocycles. The maximum atomic E-state index is 8.89. The topological polar surface area (TPSA) is 76.5 Å². The SMILES string of the molecule is COc1ccc2ccccc2c1CCNc1cc(-c2cc(OCCO)cs2)ncn1. The Morgan fingerprint density at radius 1 is 1.10 bits per heavy atom. The fourth-order valence-corrected chi connectivity index (χ4v) is 4.16. The van der Waals surface area contributed by atoms with Crippen LogP contribution in [-0.4, -0.2) is 41.9 Å². The first-order chi connectivity index (χ1) is 14.8. The normalized spacial score (nSPS) is 10.9. The van der Waals surface area contributed by atoms with Crippen molar-refractivity contribution in [1.29, 1.82) is 0 Å². The minimum atomic E-state index is -0.00571. The Bertz CT molecular complexity index is 1130. The highest BCUT2D eigenvalue weighted by Crippen LogP contribution is 2.31. The van der Waals surface area contributed by atoms with Gasteiger partial charge in [-0.05, 0) is 23.3 Å². The number of ether oxygens (including phenoxy) is 2. The fraction of sp³-hybridized carbons (Fsp3) is 0.217. The standard InChI is InChI=1S/C23H23N3O3S/c1-28-21-7-6-16-4-2-3-5-18(16)19(21)8-9-24-23-13-20(25-15-26-23)22-12-17(14-30-22)29-11-10-27/h2-7,12-15,27H,8-11H2,1H3,(H,24,25,26). The monoisotopic (exact) mass is 421 g/mol. The summed E-state index contributed by atoms with van der Waals surface area (Å²) >= 11 is 1.55. The van der Waals surface area contributed by atoms with Crippen molar-refractivity contribution in [3.8, 4) is 22.1 Å². The van der Waals surface area contributed by atoms with Crippen molar-refractivity contribution in [2.45, 2.75) is 6.42 Å². The molecule has 30 heavy (non-hydrogen) atoms. The van der Waals surface area contributed by atoms with Crippen LogP contribution in [0.25, 0.3) is 21.3 Å². The highest BCUT2D eigenvalue weighted by molar-refractivity contribution is 7.13. The van der Waals surface area contributed by atoms with Crippen LogP contribution in [0.5, 0.6) is 11.5 Å². The Hall–Kier alpha value is -3.16. The molecule has 0 atom stereocenters. The van der Waals surface area contributed by atoms with Crippen molar-refractivity contribution in [3.63, 3.8) is 0 Å². The second kappa shape index (κ2) is 9.56. The first-order valence-electron chi connectivity index (χ1n) is 9.71.